The lowest BCUT2D eigenvalue weighted by molar-refractivity contribution is 0.367. The molecule has 1 aromatic heterocycles. The number of aromatic nitrogens is 1. The van der Waals surface area contributed by atoms with Crippen LogP contribution in [0.1, 0.15) is 37.8 Å². The monoisotopic (exact) mass is 215 g/mol. The van der Waals surface area contributed by atoms with Crippen LogP contribution in [0.3, 0.4) is 0 Å². The van der Waals surface area contributed by atoms with Gasteiger partial charge in [-0.15, -0.1) is 0 Å². The van der Waals surface area contributed by atoms with Crippen molar-refractivity contribution in [3.8, 4) is 0 Å². The standard InChI is InChI=1S/C13H17N3/c1-2-5-10(6-3-1)9-15-13-12-11(16-13)7-4-8-14-12/h4,7-8,10H,1-3,5-6,9H2,(H,15,16). The van der Waals surface area contributed by atoms with Gasteiger partial charge in [0, 0.05) is 12.7 Å². The van der Waals surface area contributed by atoms with Crippen molar-refractivity contribution in [2.24, 2.45) is 10.9 Å². The van der Waals surface area contributed by atoms with Crippen LogP contribution in [0, 0.1) is 5.92 Å². The van der Waals surface area contributed by atoms with E-state index >= 15 is 0 Å². The highest BCUT2D eigenvalue weighted by Crippen LogP contribution is 2.26. The third-order valence-corrected chi connectivity index (χ3v) is 3.52. The normalized spacial score (nSPS) is 22.4. The SMILES string of the molecule is c1cnc2c(c1)NC2=NCC1CCCCC1. The van der Waals surface area contributed by atoms with Gasteiger partial charge in [0.05, 0.1) is 5.69 Å². The summed E-state index contributed by atoms with van der Waals surface area (Å²) in [6, 6.07) is 3.99. The van der Waals surface area contributed by atoms with Crippen LogP contribution in [0.15, 0.2) is 23.3 Å². The third kappa shape index (κ3) is 1.82. The number of nitrogens with one attached hydrogen (secondary N) is 1. The fraction of sp³-hybridized carbons (Fsp3) is 0.538. The van der Waals surface area contributed by atoms with Gasteiger partial charge in [-0.3, -0.25) is 9.98 Å². The minimum absolute atomic E-state index is 0.802. The maximum atomic E-state index is 4.64. The van der Waals surface area contributed by atoms with E-state index < -0.39 is 0 Å². The summed E-state index contributed by atoms with van der Waals surface area (Å²) in [6.45, 7) is 0.971. The summed E-state index contributed by atoms with van der Waals surface area (Å²) < 4.78 is 0. The predicted octanol–water partition coefficient (Wildman–Crippen LogP) is 2.83. The Bertz CT molecular complexity index is 405. The zero-order valence-corrected chi connectivity index (χ0v) is 9.45. The van der Waals surface area contributed by atoms with Crippen molar-refractivity contribution in [3.63, 3.8) is 0 Å². The molecule has 1 aromatic rings. The fourth-order valence-corrected chi connectivity index (χ4v) is 2.52. The first kappa shape index (κ1) is 9.82. The molecule has 0 saturated heterocycles. The Kier molecular flexibility index (Phi) is 2.60. The molecule has 0 spiro atoms. The minimum atomic E-state index is 0.802. The molecular formula is C13H17N3. The van der Waals surface area contributed by atoms with E-state index in [1.165, 1.54) is 32.1 Å². The van der Waals surface area contributed by atoms with Gasteiger partial charge in [0.15, 0.2) is 5.84 Å². The second-order valence-corrected chi connectivity index (χ2v) is 4.72. The summed E-state index contributed by atoms with van der Waals surface area (Å²) >= 11 is 0. The highest BCUT2D eigenvalue weighted by Gasteiger charge is 2.21. The largest absolute Gasteiger partial charge is 0.337 e. The summed E-state index contributed by atoms with van der Waals surface area (Å²) in [7, 11) is 0. The second-order valence-electron chi connectivity index (χ2n) is 4.72. The van der Waals surface area contributed by atoms with Crippen LogP contribution in [0.2, 0.25) is 0 Å². The second kappa shape index (κ2) is 4.24. The number of nitrogens with zero attached hydrogens (tertiary/aromatic N) is 2. The molecule has 0 amide bonds. The van der Waals surface area contributed by atoms with Crippen LogP contribution in [0.4, 0.5) is 5.69 Å². The molecule has 3 rings (SSSR count). The maximum Gasteiger partial charge on any atom is 0.153 e. The molecule has 1 N–H and O–H groups in total. The Morgan fingerprint density at radius 1 is 1.31 bits per heavy atom. The van der Waals surface area contributed by atoms with E-state index in [9.17, 15) is 0 Å². The van der Waals surface area contributed by atoms with E-state index in [0.717, 1.165) is 29.7 Å². The molecule has 1 fully saturated rings. The first-order chi connectivity index (χ1) is 7.93. The Balaban J connectivity index is 1.63. The van der Waals surface area contributed by atoms with Gasteiger partial charge in [0.1, 0.15) is 5.69 Å². The first-order valence-corrected chi connectivity index (χ1v) is 6.20. The number of pyridine rings is 1. The molecule has 0 radical (unpaired) electrons. The van der Waals surface area contributed by atoms with Crippen LogP contribution in [0.5, 0.6) is 0 Å². The van der Waals surface area contributed by atoms with Crippen LogP contribution in [-0.4, -0.2) is 17.4 Å². The summed E-state index contributed by atoms with van der Waals surface area (Å²) in [4.78, 5) is 8.95. The molecule has 0 unspecified atom stereocenters. The number of fused-ring (bicyclic) bond motifs is 1. The topological polar surface area (TPSA) is 37.3 Å². The number of anilines is 1. The number of rotatable bonds is 2. The Labute approximate surface area is 96.0 Å². The van der Waals surface area contributed by atoms with Gasteiger partial charge in [0.2, 0.25) is 0 Å². The molecule has 16 heavy (non-hydrogen) atoms. The average Bonchev–Trinajstić information content (AvgIpc) is 2.32. The summed E-state index contributed by atoms with van der Waals surface area (Å²) in [5.41, 5.74) is 2.16. The highest BCUT2D eigenvalue weighted by atomic mass is 15.1. The summed E-state index contributed by atoms with van der Waals surface area (Å²) in [6.07, 6.45) is 8.72. The van der Waals surface area contributed by atoms with E-state index in [1.54, 1.807) is 0 Å². The van der Waals surface area contributed by atoms with E-state index in [1.807, 2.05) is 18.3 Å². The number of amidine groups is 1. The lowest BCUT2D eigenvalue weighted by Crippen LogP contribution is -2.28. The lowest BCUT2D eigenvalue weighted by atomic mass is 9.89. The molecule has 0 bridgehead atoms. The van der Waals surface area contributed by atoms with Crippen LogP contribution >= 0.6 is 0 Å². The lowest BCUT2D eigenvalue weighted by Gasteiger charge is -2.24. The molecule has 3 nitrogen and oxygen atoms in total. The van der Waals surface area contributed by atoms with E-state index in [4.69, 9.17) is 0 Å². The van der Waals surface area contributed by atoms with E-state index in [0.29, 0.717) is 0 Å². The van der Waals surface area contributed by atoms with Gasteiger partial charge in [0.25, 0.3) is 0 Å². The molecule has 0 aromatic carbocycles. The van der Waals surface area contributed by atoms with Crippen molar-refractivity contribution < 1.29 is 0 Å². The average molecular weight is 215 g/mol. The third-order valence-electron chi connectivity index (χ3n) is 3.52. The smallest absolute Gasteiger partial charge is 0.153 e. The molecule has 1 aliphatic carbocycles. The molecular weight excluding hydrogens is 198 g/mol. The molecule has 3 heteroatoms. The molecule has 1 saturated carbocycles. The first-order valence-electron chi connectivity index (χ1n) is 6.20. The summed E-state index contributed by atoms with van der Waals surface area (Å²) in [5, 5.41) is 3.25. The minimum Gasteiger partial charge on any atom is -0.337 e. The highest BCUT2D eigenvalue weighted by molar-refractivity contribution is 6.19. The molecule has 1 aliphatic heterocycles. The Morgan fingerprint density at radius 2 is 2.19 bits per heavy atom. The molecule has 2 heterocycles. The predicted molar refractivity (Wildman–Crippen MR) is 65.8 cm³/mol. The number of aliphatic imine (C=N–C) groups is 1. The number of hydrogen-bond acceptors (Lipinski definition) is 2. The van der Waals surface area contributed by atoms with Gasteiger partial charge in [-0.25, -0.2) is 0 Å². The van der Waals surface area contributed by atoms with Gasteiger partial charge in [-0.05, 0) is 30.9 Å². The van der Waals surface area contributed by atoms with Crippen molar-refractivity contribution >= 4 is 11.5 Å². The van der Waals surface area contributed by atoms with Gasteiger partial charge in [-0.1, -0.05) is 19.3 Å². The van der Waals surface area contributed by atoms with Crippen molar-refractivity contribution in [1.82, 2.24) is 4.98 Å². The van der Waals surface area contributed by atoms with Crippen LogP contribution in [0.25, 0.3) is 0 Å². The maximum absolute atomic E-state index is 4.64. The van der Waals surface area contributed by atoms with Crippen LogP contribution in [-0.2, 0) is 0 Å². The summed E-state index contributed by atoms with van der Waals surface area (Å²) in [5.74, 6) is 1.79. The molecule has 2 aliphatic rings. The van der Waals surface area contributed by atoms with Gasteiger partial charge < -0.3 is 5.32 Å². The Hall–Kier alpha value is -1.38. The van der Waals surface area contributed by atoms with Crippen molar-refractivity contribution in [2.75, 3.05) is 11.9 Å². The van der Waals surface area contributed by atoms with E-state index in [-0.39, 0.29) is 0 Å². The number of hydrogen-bond donors (Lipinski definition) is 1. The quantitative estimate of drug-likeness (QED) is 0.823. The van der Waals surface area contributed by atoms with Crippen molar-refractivity contribution in [2.45, 2.75) is 32.1 Å². The molecule has 84 valence electrons. The van der Waals surface area contributed by atoms with Gasteiger partial charge >= 0.3 is 0 Å². The Morgan fingerprint density at radius 3 is 3.00 bits per heavy atom. The van der Waals surface area contributed by atoms with Crippen LogP contribution < -0.4 is 5.32 Å². The van der Waals surface area contributed by atoms with Crippen molar-refractivity contribution in [1.29, 1.82) is 0 Å². The zero-order chi connectivity index (χ0) is 10.8. The zero-order valence-electron chi connectivity index (χ0n) is 9.45. The fourth-order valence-electron chi connectivity index (χ4n) is 2.52. The van der Waals surface area contributed by atoms with E-state index in [2.05, 4.69) is 15.3 Å². The van der Waals surface area contributed by atoms with Gasteiger partial charge in [-0.2, -0.15) is 0 Å². The molecule has 0 atom stereocenters. The van der Waals surface area contributed by atoms with Crippen molar-refractivity contribution in [3.05, 3.63) is 24.0 Å².